The van der Waals surface area contributed by atoms with Crippen LogP contribution in [-0.4, -0.2) is 22.6 Å². The Balaban J connectivity index is 1.68. The number of para-hydroxylation sites is 2. The summed E-state index contributed by atoms with van der Waals surface area (Å²) >= 11 is 1.61. The van der Waals surface area contributed by atoms with E-state index in [1.807, 2.05) is 12.1 Å². The number of aryl methyl sites for hydroxylation is 1. The van der Waals surface area contributed by atoms with Crippen molar-refractivity contribution in [2.45, 2.75) is 39.2 Å². The van der Waals surface area contributed by atoms with Gasteiger partial charge in [-0.25, -0.2) is 4.98 Å². The molecule has 1 N–H and O–H groups in total. The second-order valence-electron chi connectivity index (χ2n) is 7.35. The monoisotopic (exact) mass is 397 g/mol. The highest BCUT2D eigenvalue weighted by Crippen LogP contribution is 2.35. The molecule has 146 valence electrons. The van der Waals surface area contributed by atoms with Crippen molar-refractivity contribution in [2.24, 2.45) is 5.92 Å². The number of thiophene rings is 1. The summed E-state index contributed by atoms with van der Waals surface area (Å²) in [7, 11) is 1.55. The third-order valence-corrected chi connectivity index (χ3v) is 6.56. The minimum Gasteiger partial charge on any atom is -0.495 e. The zero-order valence-electron chi connectivity index (χ0n) is 16.2. The van der Waals surface area contributed by atoms with Gasteiger partial charge in [-0.05, 0) is 49.8 Å². The predicted octanol–water partition coefficient (Wildman–Crippen LogP) is 3.79. The van der Waals surface area contributed by atoms with Crippen LogP contribution in [0.25, 0.3) is 10.2 Å². The van der Waals surface area contributed by atoms with Gasteiger partial charge in [0, 0.05) is 4.88 Å². The Labute approximate surface area is 167 Å². The maximum absolute atomic E-state index is 13.2. The molecule has 1 aromatic carbocycles. The van der Waals surface area contributed by atoms with Gasteiger partial charge < -0.3 is 10.1 Å². The number of benzene rings is 1. The van der Waals surface area contributed by atoms with E-state index in [0.717, 1.165) is 29.7 Å². The van der Waals surface area contributed by atoms with Crippen LogP contribution in [0.3, 0.4) is 0 Å². The molecule has 0 saturated carbocycles. The SMILES string of the molecule is COc1ccccc1NC(=O)[C@@H](C)n1cnc2sc3c(c2c1=O)CC[C@@H](C)C3. The van der Waals surface area contributed by atoms with Gasteiger partial charge in [0.15, 0.2) is 0 Å². The molecule has 2 heterocycles. The van der Waals surface area contributed by atoms with Crippen LogP contribution in [0, 0.1) is 5.92 Å². The molecule has 0 spiro atoms. The maximum Gasteiger partial charge on any atom is 0.263 e. The van der Waals surface area contributed by atoms with E-state index in [1.54, 1.807) is 37.5 Å². The number of ether oxygens (including phenoxy) is 1. The van der Waals surface area contributed by atoms with Crippen LogP contribution < -0.4 is 15.6 Å². The zero-order chi connectivity index (χ0) is 19.8. The number of carbonyl (C=O) groups excluding carboxylic acids is 1. The molecule has 0 fully saturated rings. The van der Waals surface area contributed by atoms with E-state index in [2.05, 4.69) is 17.2 Å². The van der Waals surface area contributed by atoms with Gasteiger partial charge in [0.05, 0.1) is 24.5 Å². The number of nitrogens with zero attached hydrogens (tertiary/aromatic N) is 2. The van der Waals surface area contributed by atoms with Crippen LogP contribution in [0.2, 0.25) is 0 Å². The number of anilines is 1. The molecule has 28 heavy (non-hydrogen) atoms. The van der Waals surface area contributed by atoms with Gasteiger partial charge in [0.25, 0.3) is 5.56 Å². The molecule has 1 amide bonds. The summed E-state index contributed by atoms with van der Waals surface area (Å²) in [5.41, 5.74) is 1.56. The van der Waals surface area contributed by atoms with Crippen molar-refractivity contribution in [1.82, 2.24) is 9.55 Å². The van der Waals surface area contributed by atoms with E-state index in [0.29, 0.717) is 22.7 Å². The summed E-state index contributed by atoms with van der Waals surface area (Å²) in [5.74, 6) is 0.920. The molecule has 2 aromatic heterocycles. The van der Waals surface area contributed by atoms with E-state index in [4.69, 9.17) is 4.74 Å². The lowest BCUT2D eigenvalue weighted by atomic mass is 9.89. The van der Waals surface area contributed by atoms with Gasteiger partial charge >= 0.3 is 0 Å². The molecular weight excluding hydrogens is 374 g/mol. The summed E-state index contributed by atoms with van der Waals surface area (Å²) in [5, 5.41) is 3.53. The first-order chi connectivity index (χ1) is 13.5. The number of hydrogen-bond donors (Lipinski definition) is 1. The normalized spacial score (nSPS) is 17.2. The van der Waals surface area contributed by atoms with E-state index in [1.165, 1.54) is 15.8 Å². The van der Waals surface area contributed by atoms with Gasteiger partial charge in [0.1, 0.15) is 16.6 Å². The second-order valence-corrected chi connectivity index (χ2v) is 8.44. The first-order valence-electron chi connectivity index (χ1n) is 9.45. The summed E-state index contributed by atoms with van der Waals surface area (Å²) in [6.45, 7) is 3.95. The Morgan fingerprint density at radius 1 is 1.39 bits per heavy atom. The Bertz CT molecular complexity index is 1100. The predicted molar refractivity (Wildman–Crippen MR) is 111 cm³/mol. The van der Waals surface area contributed by atoms with E-state index in [-0.39, 0.29) is 11.5 Å². The largest absolute Gasteiger partial charge is 0.495 e. The standard InChI is InChI=1S/C21H23N3O3S/c1-12-8-9-14-17(10-12)28-20-18(14)21(26)24(11-22-20)13(2)19(25)23-15-6-4-5-7-16(15)27-3/h4-7,11-13H,8-10H2,1-3H3,(H,23,25)/t12-,13-/m1/s1. The van der Waals surface area contributed by atoms with Crippen molar-refractivity contribution in [3.8, 4) is 5.75 Å². The molecule has 0 saturated heterocycles. The number of hydrogen-bond acceptors (Lipinski definition) is 5. The Hall–Kier alpha value is -2.67. The zero-order valence-corrected chi connectivity index (χ0v) is 17.0. The quantitative estimate of drug-likeness (QED) is 0.727. The number of rotatable bonds is 4. The third kappa shape index (κ3) is 3.20. The minimum atomic E-state index is -0.688. The lowest BCUT2D eigenvalue weighted by Crippen LogP contribution is -2.32. The van der Waals surface area contributed by atoms with Gasteiger partial charge in [-0.1, -0.05) is 19.1 Å². The Morgan fingerprint density at radius 2 is 2.18 bits per heavy atom. The smallest absolute Gasteiger partial charge is 0.263 e. The van der Waals surface area contributed by atoms with Crippen molar-refractivity contribution in [3.05, 3.63) is 51.4 Å². The number of fused-ring (bicyclic) bond motifs is 3. The summed E-state index contributed by atoms with van der Waals surface area (Å²) in [6.07, 6.45) is 4.47. The van der Waals surface area contributed by atoms with E-state index >= 15 is 0 Å². The van der Waals surface area contributed by atoms with Crippen molar-refractivity contribution in [2.75, 3.05) is 12.4 Å². The molecule has 6 nitrogen and oxygen atoms in total. The molecule has 7 heteroatoms. The molecule has 1 aliphatic rings. The van der Waals surface area contributed by atoms with Crippen LogP contribution in [0.1, 0.15) is 36.8 Å². The molecule has 0 bridgehead atoms. The van der Waals surface area contributed by atoms with Crippen LogP contribution in [0.5, 0.6) is 5.75 Å². The van der Waals surface area contributed by atoms with Crippen molar-refractivity contribution in [3.63, 3.8) is 0 Å². The average Bonchev–Trinajstić information content (AvgIpc) is 3.06. The highest BCUT2D eigenvalue weighted by atomic mass is 32.1. The summed E-state index contributed by atoms with van der Waals surface area (Å²) < 4.78 is 6.71. The maximum atomic E-state index is 13.2. The topological polar surface area (TPSA) is 73.2 Å². The van der Waals surface area contributed by atoms with Crippen LogP contribution >= 0.6 is 11.3 Å². The summed E-state index contributed by atoms with van der Waals surface area (Å²) in [6, 6.07) is 6.51. The number of amides is 1. The molecular formula is C21H23N3O3S. The number of nitrogens with one attached hydrogen (secondary N) is 1. The van der Waals surface area contributed by atoms with Crippen molar-refractivity contribution < 1.29 is 9.53 Å². The molecule has 0 radical (unpaired) electrons. The van der Waals surface area contributed by atoms with Gasteiger partial charge in [-0.15, -0.1) is 11.3 Å². The number of carbonyl (C=O) groups is 1. The molecule has 0 aliphatic heterocycles. The Kier molecular flexibility index (Phi) is 4.93. The molecule has 2 atom stereocenters. The van der Waals surface area contributed by atoms with Crippen molar-refractivity contribution >= 4 is 33.1 Å². The van der Waals surface area contributed by atoms with E-state index < -0.39 is 6.04 Å². The first kappa shape index (κ1) is 18.7. The van der Waals surface area contributed by atoms with E-state index in [9.17, 15) is 9.59 Å². The van der Waals surface area contributed by atoms with Gasteiger partial charge in [0.2, 0.25) is 5.91 Å². The minimum absolute atomic E-state index is 0.139. The lowest BCUT2D eigenvalue weighted by Gasteiger charge is -2.18. The molecule has 3 aromatic rings. The highest BCUT2D eigenvalue weighted by molar-refractivity contribution is 7.18. The first-order valence-corrected chi connectivity index (χ1v) is 10.3. The fourth-order valence-corrected chi connectivity index (χ4v) is 5.07. The average molecular weight is 398 g/mol. The van der Waals surface area contributed by atoms with Gasteiger partial charge in [-0.3, -0.25) is 14.2 Å². The highest BCUT2D eigenvalue weighted by Gasteiger charge is 2.25. The summed E-state index contributed by atoms with van der Waals surface area (Å²) in [4.78, 5) is 32.5. The molecule has 4 rings (SSSR count). The fraction of sp³-hybridized carbons (Fsp3) is 0.381. The molecule has 0 unspecified atom stereocenters. The lowest BCUT2D eigenvalue weighted by molar-refractivity contribution is -0.118. The third-order valence-electron chi connectivity index (χ3n) is 5.40. The van der Waals surface area contributed by atoms with Crippen LogP contribution in [0.4, 0.5) is 5.69 Å². The van der Waals surface area contributed by atoms with Gasteiger partial charge in [-0.2, -0.15) is 0 Å². The second kappa shape index (κ2) is 7.39. The Morgan fingerprint density at radius 3 is 2.96 bits per heavy atom. The van der Waals surface area contributed by atoms with Crippen LogP contribution in [-0.2, 0) is 17.6 Å². The van der Waals surface area contributed by atoms with Crippen LogP contribution in [0.15, 0.2) is 35.4 Å². The fourth-order valence-electron chi connectivity index (χ4n) is 3.73. The molecule has 1 aliphatic carbocycles. The number of aromatic nitrogens is 2. The number of methoxy groups -OCH3 is 1. The van der Waals surface area contributed by atoms with Crippen molar-refractivity contribution in [1.29, 1.82) is 0 Å².